The Hall–Kier alpha value is -1.81. The lowest BCUT2D eigenvalue weighted by atomic mass is 9.86. The summed E-state index contributed by atoms with van der Waals surface area (Å²) < 4.78 is 0. The van der Waals surface area contributed by atoms with Crippen molar-refractivity contribution in [1.29, 1.82) is 0 Å². The fourth-order valence-electron chi connectivity index (χ4n) is 3.31. The van der Waals surface area contributed by atoms with Crippen LogP contribution in [0.5, 0.6) is 0 Å². The van der Waals surface area contributed by atoms with Gasteiger partial charge >= 0.3 is 0 Å². The molecule has 1 aliphatic rings. The smallest absolute Gasteiger partial charge is 0.256 e. The largest absolute Gasteiger partial charge is 0.350 e. The fourth-order valence-corrected chi connectivity index (χ4v) is 3.31. The average molecular weight is 287 g/mol. The van der Waals surface area contributed by atoms with E-state index in [0.717, 1.165) is 5.69 Å². The molecule has 1 amide bonds. The van der Waals surface area contributed by atoms with Crippen molar-refractivity contribution in [3.63, 3.8) is 0 Å². The van der Waals surface area contributed by atoms with E-state index in [2.05, 4.69) is 62.3 Å². The molecule has 0 spiro atoms. The molecule has 0 aliphatic carbocycles. The van der Waals surface area contributed by atoms with Gasteiger partial charge in [-0.15, -0.1) is 0 Å². The van der Waals surface area contributed by atoms with Gasteiger partial charge < -0.3 is 4.90 Å². The number of rotatable bonds is 3. The zero-order valence-corrected chi connectivity index (χ0v) is 13.5. The molecule has 114 valence electrons. The highest BCUT2D eigenvalue weighted by molar-refractivity contribution is 5.89. The highest BCUT2D eigenvalue weighted by Crippen LogP contribution is 2.41. The predicted molar refractivity (Wildman–Crippen MR) is 87.8 cm³/mol. The minimum absolute atomic E-state index is 0.147. The summed E-state index contributed by atoms with van der Waals surface area (Å²) in [6.45, 7) is 10.5. The molecule has 4 nitrogen and oxygen atoms in total. The minimum Gasteiger partial charge on any atom is -0.350 e. The summed E-state index contributed by atoms with van der Waals surface area (Å²) in [5, 5.41) is 0. The van der Waals surface area contributed by atoms with Gasteiger partial charge in [0.25, 0.3) is 5.91 Å². The highest BCUT2D eigenvalue weighted by Gasteiger charge is 2.38. The third-order valence-electron chi connectivity index (χ3n) is 4.17. The summed E-state index contributed by atoms with van der Waals surface area (Å²) in [6.07, 6.45) is 2.92. The van der Waals surface area contributed by atoms with Gasteiger partial charge in [-0.2, -0.15) is 0 Å². The Balaban J connectivity index is 2.63. The van der Waals surface area contributed by atoms with E-state index in [0.29, 0.717) is 6.42 Å². The number of nitrogens with two attached hydrogens (primary N) is 1. The zero-order chi connectivity index (χ0) is 15.8. The molecule has 1 aliphatic heterocycles. The van der Waals surface area contributed by atoms with Crippen LogP contribution in [0.15, 0.2) is 24.3 Å². The SMILES string of the molecule is CCC(C(=O)NN)N1c2cc(C)ccc2C(C)=CC1(C)C. The molecule has 0 aromatic heterocycles. The van der Waals surface area contributed by atoms with Crippen LogP contribution in [0.1, 0.15) is 45.2 Å². The third-order valence-corrected chi connectivity index (χ3v) is 4.17. The lowest BCUT2D eigenvalue weighted by Gasteiger charge is -2.47. The van der Waals surface area contributed by atoms with Crippen molar-refractivity contribution in [2.75, 3.05) is 4.90 Å². The fraction of sp³-hybridized carbons (Fsp3) is 0.471. The van der Waals surface area contributed by atoms with Crippen molar-refractivity contribution in [3.05, 3.63) is 35.4 Å². The molecule has 21 heavy (non-hydrogen) atoms. The van der Waals surface area contributed by atoms with Gasteiger partial charge in [0.15, 0.2) is 0 Å². The van der Waals surface area contributed by atoms with E-state index in [1.54, 1.807) is 0 Å². The van der Waals surface area contributed by atoms with Gasteiger partial charge in [0, 0.05) is 11.3 Å². The molecular formula is C17H25N3O. The Labute approximate surface area is 127 Å². The Morgan fingerprint density at radius 3 is 2.62 bits per heavy atom. The number of anilines is 1. The standard InChI is InChI=1S/C17H25N3O/c1-6-14(16(21)19-18)20-15-9-11(2)7-8-13(15)12(3)10-17(20,4)5/h7-10,14H,6,18H2,1-5H3,(H,19,21). The zero-order valence-electron chi connectivity index (χ0n) is 13.5. The van der Waals surface area contributed by atoms with Crippen molar-refractivity contribution in [3.8, 4) is 0 Å². The van der Waals surface area contributed by atoms with Crippen LogP contribution in [0, 0.1) is 6.92 Å². The maximum absolute atomic E-state index is 12.2. The number of benzene rings is 1. The predicted octanol–water partition coefficient (Wildman–Crippen LogP) is 2.77. The monoisotopic (exact) mass is 287 g/mol. The second kappa shape index (κ2) is 5.53. The summed E-state index contributed by atoms with van der Waals surface area (Å²) in [4.78, 5) is 14.4. The van der Waals surface area contributed by atoms with E-state index in [1.165, 1.54) is 16.7 Å². The van der Waals surface area contributed by atoms with Gasteiger partial charge in [-0.05, 0) is 51.3 Å². The van der Waals surface area contributed by atoms with Crippen molar-refractivity contribution in [2.24, 2.45) is 5.84 Å². The van der Waals surface area contributed by atoms with Crippen LogP contribution in [-0.4, -0.2) is 17.5 Å². The number of allylic oxidation sites excluding steroid dienone is 1. The van der Waals surface area contributed by atoms with Crippen LogP contribution in [0.2, 0.25) is 0 Å². The van der Waals surface area contributed by atoms with Crippen LogP contribution in [-0.2, 0) is 4.79 Å². The number of nitrogens with zero attached hydrogens (tertiary/aromatic N) is 1. The number of amides is 1. The molecule has 2 rings (SSSR count). The van der Waals surface area contributed by atoms with Gasteiger partial charge in [-0.1, -0.05) is 25.1 Å². The molecule has 0 fully saturated rings. The molecule has 0 saturated carbocycles. The molecule has 1 aromatic rings. The molecule has 0 radical (unpaired) electrons. The lowest BCUT2D eigenvalue weighted by Crippen LogP contribution is -2.57. The number of carbonyl (C=O) groups excluding carboxylic acids is 1. The molecule has 4 heteroatoms. The number of hydrogen-bond donors (Lipinski definition) is 2. The molecule has 1 unspecified atom stereocenters. The third kappa shape index (κ3) is 2.68. The first kappa shape index (κ1) is 15.6. The van der Waals surface area contributed by atoms with Crippen molar-refractivity contribution in [1.82, 2.24) is 5.43 Å². The van der Waals surface area contributed by atoms with Gasteiger partial charge in [-0.25, -0.2) is 5.84 Å². The van der Waals surface area contributed by atoms with Gasteiger partial charge in [-0.3, -0.25) is 10.2 Å². The molecule has 1 heterocycles. The summed E-state index contributed by atoms with van der Waals surface area (Å²) >= 11 is 0. The van der Waals surface area contributed by atoms with Gasteiger partial charge in [0.05, 0.1) is 5.54 Å². The molecule has 0 bridgehead atoms. The average Bonchev–Trinajstić information content (AvgIpc) is 2.41. The van der Waals surface area contributed by atoms with Crippen LogP contribution in [0.3, 0.4) is 0 Å². The highest BCUT2D eigenvalue weighted by atomic mass is 16.2. The number of aryl methyl sites for hydroxylation is 1. The second-order valence-corrected chi connectivity index (χ2v) is 6.30. The van der Waals surface area contributed by atoms with Crippen LogP contribution in [0.4, 0.5) is 5.69 Å². The van der Waals surface area contributed by atoms with E-state index >= 15 is 0 Å². The Morgan fingerprint density at radius 1 is 1.38 bits per heavy atom. The van der Waals surface area contributed by atoms with Crippen molar-refractivity contribution in [2.45, 2.75) is 52.6 Å². The summed E-state index contributed by atoms with van der Waals surface area (Å²) in [6, 6.07) is 6.11. The summed E-state index contributed by atoms with van der Waals surface area (Å²) in [5.41, 5.74) is 6.79. The van der Waals surface area contributed by atoms with Crippen molar-refractivity contribution >= 4 is 17.2 Å². The first-order chi connectivity index (χ1) is 9.81. The topological polar surface area (TPSA) is 58.4 Å². The quantitative estimate of drug-likeness (QED) is 0.510. The number of hydrogen-bond acceptors (Lipinski definition) is 3. The van der Waals surface area contributed by atoms with Crippen LogP contribution >= 0.6 is 0 Å². The summed E-state index contributed by atoms with van der Waals surface area (Å²) in [5.74, 6) is 5.23. The van der Waals surface area contributed by atoms with Crippen LogP contribution < -0.4 is 16.2 Å². The van der Waals surface area contributed by atoms with E-state index < -0.39 is 0 Å². The first-order valence-electron chi connectivity index (χ1n) is 7.42. The molecule has 1 atom stereocenters. The van der Waals surface area contributed by atoms with E-state index in [9.17, 15) is 4.79 Å². The van der Waals surface area contributed by atoms with Gasteiger partial charge in [0.1, 0.15) is 6.04 Å². The maximum Gasteiger partial charge on any atom is 0.256 e. The normalized spacial score (nSPS) is 17.8. The first-order valence-corrected chi connectivity index (χ1v) is 7.42. The molecule has 3 N–H and O–H groups in total. The second-order valence-electron chi connectivity index (χ2n) is 6.30. The molecular weight excluding hydrogens is 262 g/mol. The van der Waals surface area contributed by atoms with Crippen molar-refractivity contribution < 1.29 is 4.79 Å². The Morgan fingerprint density at radius 2 is 2.05 bits per heavy atom. The summed E-state index contributed by atoms with van der Waals surface area (Å²) in [7, 11) is 0. The van der Waals surface area contributed by atoms with Crippen LogP contribution in [0.25, 0.3) is 5.57 Å². The number of carbonyl (C=O) groups is 1. The number of hydrazine groups is 1. The lowest BCUT2D eigenvalue weighted by molar-refractivity contribution is -0.122. The van der Waals surface area contributed by atoms with E-state index in [-0.39, 0.29) is 17.5 Å². The Bertz CT molecular complexity index is 590. The molecule has 1 aromatic carbocycles. The van der Waals surface area contributed by atoms with E-state index in [4.69, 9.17) is 5.84 Å². The number of fused-ring (bicyclic) bond motifs is 1. The van der Waals surface area contributed by atoms with E-state index in [1.807, 2.05) is 6.92 Å². The maximum atomic E-state index is 12.2. The molecule has 0 saturated heterocycles. The Kier molecular flexibility index (Phi) is 4.10. The minimum atomic E-state index is -0.283. The number of nitrogens with one attached hydrogen (secondary N) is 1. The van der Waals surface area contributed by atoms with Gasteiger partial charge in [0.2, 0.25) is 0 Å².